The maximum absolute atomic E-state index is 12.8. The summed E-state index contributed by atoms with van der Waals surface area (Å²) in [6.45, 7) is 5.59. The average Bonchev–Trinajstić information content (AvgIpc) is 2.95. The van der Waals surface area contributed by atoms with E-state index in [1.165, 1.54) is 0 Å². The molecular weight excluding hydrogens is 292 g/mol. The molecule has 2 aromatic heterocycles. The first-order chi connectivity index (χ1) is 11.1. The van der Waals surface area contributed by atoms with Crippen molar-refractivity contribution in [1.82, 2.24) is 19.8 Å². The van der Waals surface area contributed by atoms with Crippen molar-refractivity contribution in [3.8, 4) is 0 Å². The number of aromatic nitrogens is 3. The number of likely N-dealkylation sites (tertiary alicyclic amines) is 1. The minimum Gasteiger partial charge on any atom is -0.360 e. The Morgan fingerprint density at radius 1 is 1.30 bits per heavy atom. The van der Waals surface area contributed by atoms with Crippen LogP contribution < -0.4 is 0 Å². The van der Waals surface area contributed by atoms with E-state index in [1.807, 2.05) is 22.6 Å². The SMILES string of the molecule is Cc1cc(C)n(C[C@@H]2CCCN2C(=O)c2cc(C3CC3)on2)n1. The van der Waals surface area contributed by atoms with Crippen molar-refractivity contribution >= 4 is 5.91 Å². The van der Waals surface area contributed by atoms with Gasteiger partial charge in [-0.2, -0.15) is 5.10 Å². The van der Waals surface area contributed by atoms with Gasteiger partial charge in [0.2, 0.25) is 0 Å². The Morgan fingerprint density at radius 3 is 2.83 bits per heavy atom. The quantitative estimate of drug-likeness (QED) is 0.870. The lowest BCUT2D eigenvalue weighted by atomic mass is 10.2. The Kier molecular flexibility index (Phi) is 3.47. The predicted molar refractivity (Wildman–Crippen MR) is 84.2 cm³/mol. The molecule has 0 N–H and O–H groups in total. The summed E-state index contributed by atoms with van der Waals surface area (Å²) in [6.07, 6.45) is 4.33. The largest absolute Gasteiger partial charge is 0.360 e. The molecule has 0 radical (unpaired) electrons. The Balaban J connectivity index is 1.49. The molecule has 4 rings (SSSR count). The number of hydrogen-bond acceptors (Lipinski definition) is 4. The Bertz CT molecular complexity index is 729. The summed E-state index contributed by atoms with van der Waals surface area (Å²) in [5.74, 6) is 1.33. The zero-order valence-corrected chi connectivity index (χ0v) is 13.7. The van der Waals surface area contributed by atoms with E-state index in [4.69, 9.17) is 4.52 Å². The normalized spacial score (nSPS) is 21.1. The van der Waals surface area contributed by atoms with Gasteiger partial charge in [0.1, 0.15) is 5.76 Å². The fourth-order valence-corrected chi connectivity index (χ4v) is 3.45. The van der Waals surface area contributed by atoms with E-state index in [2.05, 4.69) is 23.2 Å². The maximum atomic E-state index is 12.8. The molecule has 2 fully saturated rings. The summed E-state index contributed by atoms with van der Waals surface area (Å²) in [5, 5.41) is 8.52. The van der Waals surface area contributed by atoms with Gasteiger partial charge in [0, 0.05) is 24.2 Å². The number of rotatable bonds is 4. The van der Waals surface area contributed by atoms with Crippen molar-refractivity contribution in [1.29, 1.82) is 0 Å². The van der Waals surface area contributed by atoms with Crippen LogP contribution in [-0.2, 0) is 6.54 Å². The molecule has 0 unspecified atom stereocenters. The van der Waals surface area contributed by atoms with E-state index in [1.54, 1.807) is 0 Å². The van der Waals surface area contributed by atoms with E-state index in [9.17, 15) is 4.79 Å². The van der Waals surface area contributed by atoms with Crippen LogP contribution >= 0.6 is 0 Å². The second-order valence-electron chi connectivity index (χ2n) is 6.79. The van der Waals surface area contributed by atoms with Gasteiger partial charge in [-0.3, -0.25) is 9.48 Å². The number of amides is 1. The number of nitrogens with zero attached hydrogens (tertiary/aromatic N) is 4. The molecule has 0 spiro atoms. The molecule has 1 aliphatic heterocycles. The number of hydrogen-bond donors (Lipinski definition) is 0. The van der Waals surface area contributed by atoms with Crippen LogP contribution in [0.1, 0.15) is 59.2 Å². The van der Waals surface area contributed by atoms with Gasteiger partial charge in [-0.1, -0.05) is 5.16 Å². The monoisotopic (exact) mass is 314 g/mol. The van der Waals surface area contributed by atoms with Crippen LogP contribution in [0.25, 0.3) is 0 Å². The van der Waals surface area contributed by atoms with Crippen molar-refractivity contribution in [2.45, 2.75) is 58.0 Å². The van der Waals surface area contributed by atoms with Crippen LogP contribution in [0.2, 0.25) is 0 Å². The molecule has 0 bridgehead atoms. The van der Waals surface area contributed by atoms with Crippen LogP contribution in [-0.4, -0.2) is 38.3 Å². The first-order valence-corrected chi connectivity index (χ1v) is 8.40. The standard InChI is InChI=1S/C17H22N4O2/c1-11-8-12(2)21(18-11)10-14-4-3-7-20(14)17(22)15-9-16(23-19-15)13-5-6-13/h8-9,13-14H,3-7,10H2,1-2H3/t14-/m0/s1. The van der Waals surface area contributed by atoms with Gasteiger partial charge < -0.3 is 9.42 Å². The van der Waals surface area contributed by atoms with Crippen LogP contribution in [0, 0.1) is 13.8 Å². The number of carbonyl (C=O) groups excluding carboxylic acids is 1. The molecule has 2 aliphatic rings. The molecule has 6 heteroatoms. The highest BCUT2D eigenvalue weighted by Crippen LogP contribution is 2.40. The molecule has 6 nitrogen and oxygen atoms in total. The second kappa shape index (κ2) is 5.51. The molecule has 0 aromatic carbocycles. The van der Waals surface area contributed by atoms with Gasteiger partial charge >= 0.3 is 0 Å². The zero-order chi connectivity index (χ0) is 16.0. The Hall–Kier alpha value is -2.11. The zero-order valence-electron chi connectivity index (χ0n) is 13.7. The number of aryl methyl sites for hydroxylation is 2. The fraction of sp³-hybridized carbons (Fsp3) is 0.588. The summed E-state index contributed by atoms with van der Waals surface area (Å²) < 4.78 is 7.33. The molecule has 1 atom stereocenters. The number of carbonyl (C=O) groups is 1. The highest BCUT2D eigenvalue weighted by atomic mass is 16.5. The first-order valence-electron chi connectivity index (χ1n) is 8.40. The Labute approximate surface area is 135 Å². The van der Waals surface area contributed by atoms with Gasteiger partial charge in [-0.15, -0.1) is 0 Å². The van der Waals surface area contributed by atoms with Crippen LogP contribution in [0.3, 0.4) is 0 Å². The third-order valence-corrected chi connectivity index (χ3v) is 4.85. The molecule has 1 aliphatic carbocycles. The minimum atomic E-state index is -0.00955. The van der Waals surface area contributed by atoms with Crippen molar-refractivity contribution in [2.24, 2.45) is 0 Å². The topological polar surface area (TPSA) is 64.2 Å². The smallest absolute Gasteiger partial charge is 0.276 e. The van der Waals surface area contributed by atoms with E-state index >= 15 is 0 Å². The van der Waals surface area contributed by atoms with Crippen molar-refractivity contribution in [2.75, 3.05) is 6.54 Å². The summed E-state index contributed by atoms with van der Waals surface area (Å²) in [4.78, 5) is 14.7. The van der Waals surface area contributed by atoms with E-state index in [0.29, 0.717) is 11.6 Å². The molecule has 1 saturated carbocycles. The van der Waals surface area contributed by atoms with Crippen LogP contribution in [0.5, 0.6) is 0 Å². The highest BCUT2D eigenvalue weighted by Gasteiger charge is 2.34. The minimum absolute atomic E-state index is 0.00955. The van der Waals surface area contributed by atoms with E-state index in [0.717, 1.165) is 55.9 Å². The predicted octanol–water partition coefficient (Wildman–Crippen LogP) is 2.67. The Morgan fingerprint density at radius 2 is 2.13 bits per heavy atom. The summed E-state index contributed by atoms with van der Waals surface area (Å²) >= 11 is 0. The van der Waals surface area contributed by atoms with Gasteiger partial charge in [-0.25, -0.2) is 0 Å². The molecule has 2 aromatic rings. The molecule has 23 heavy (non-hydrogen) atoms. The third kappa shape index (κ3) is 2.78. The highest BCUT2D eigenvalue weighted by molar-refractivity contribution is 5.92. The fourth-order valence-electron chi connectivity index (χ4n) is 3.45. The lowest BCUT2D eigenvalue weighted by Gasteiger charge is -2.24. The second-order valence-corrected chi connectivity index (χ2v) is 6.79. The van der Waals surface area contributed by atoms with Crippen molar-refractivity contribution in [3.05, 3.63) is 35.0 Å². The van der Waals surface area contributed by atoms with Gasteiger partial charge in [-0.05, 0) is 45.6 Å². The summed E-state index contributed by atoms with van der Waals surface area (Å²) in [7, 11) is 0. The van der Waals surface area contributed by atoms with Crippen LogP contribution in [0.4, 0.5) is 0 Å². The summed E-state index contributed by atoms with van der Waals surface area (Å²) in [5.41, 5.74) is 2.61. The molecule has 1 amide bonds. The van der Waals surface area contributed by atoms with Gasteiger partial charge in [0.25, 0.3) is 5.91 Å². The third-order valence-electron chi connectivity index (χ3n) is 4.85. The van der Waals surface area contributed by atoms with Gasteiger partial charge in [0.15, 0.2) is 5.69 Å². The molecule has 1 saturated heterocycles. The van der Waals surface area contributed by atoms with E-state index in [-0.39, 0.29) is 11.9 Å². The molecular formula is C17H22N4O2. The van der Waals surface area contributed by atoms with Crippen molar-refractivity contribution < 1.29 is 9.32 Å². The lowest BCUT2D eigenvalue weighted by Crippen LogP contribution is -2.38. The van der Waals surface area contributed by atoms with E-state index < -0.39 is 0 Å². The maximum Gasteiger partial charge on any atom is 0.276 e. The van der Waals surface area contributed by atoms with Gasteiger partial charge in [0.05, 0.1) is 18.3 Å². The molecule has 3 heterocycles. The lowest BCUT2D eigenvalue weighted by molar-refractivity contribution is 0.0710. The average molecular weight is 314 g/mol. The van der Waals surface area contributed by atoms with Crippen molar-refractivity contribution in [3.63, 3.8) is 0 Å². The van der Waals surface area contributed by atoms with Crippen LogP contribution in [0.15, 0.2) is 16.7 Å². The first kappa shape index (κ1) is 14.5. The molecule has 122 valence electrons. The summed E-state index contributed by atoms with van der Waals surface area (Å²) in [6, 6.07) is 4.08.